The van der Waals surface area contributed by atoms with E-state index in [9.17, 15) is 21.6 Å². The molecule has 0 unspecified atom stereocenters. The van der Waals surface area contributed by atoms with Crippen molar-refractivity contribution in [3.63, 3.8) is 0 Å². The van der Waals surface area contributed by atoms with Crippen LogP contribution in [0, 0.1) is 11.3 Å². The molecule has 0 saturated carbocycles. The predicted octanol–water partition coefficient (Wildman–Crippen LogP) is -0.162. The van der Waals surface area contributed by atoms with Crippen molar-refractivity contribution in [1.29, 1.82) is 5.26 Å². The third-order valence-corrected chi connectivity index (χ3v) is 2.62. The van der Waals surface area contributed by atoms with Crippen LogP contribution < -0.4 is 4.72 Å². The molecule has 0 aromatic carbocycles. The summed E-state index contributed by atoms with van der Waals surface area (Å²) in [5, 5.41) is 8.12. The van der Waals surface area contributed by atoms with Crippen LogP contribution in [0.25, 0.3) is 0 Å². The quantitative estimate of drug-likeness (QED) is 0.683. The first-order valence-corrected chi connectivity index (χ1v) is 4.77. The number of nitriles is 1. The van der Waals surface area contributed by atoms with Crippen molar-refractivity contribution in [2.75, 3.05) is 20.1 Å². The maximum absolute atomic E-state index is 11.6. The summed E-state index contributed by atoms with van der Waals surface area (Å²) >= 11 is 0. The van der Waals surface area contributed by atoms with Crippen LogP contribution in [0.15, 0.2) is 0 Å². The highest BCUT2D eigenvalue weighted by molar-refractivity contribution is 7.87. The second kappa shape index (κ2) is 4.59. The Morgan fingerprint density at radius 3 is 2.36 bits per heavy atom. The smallest absolute Gasteiger partial charge is 0.197 e. The molecule has 0 aliphatic heterocycles. The highest BCUT2D eigenvalue weighted by Gasteiger charge is 2.30. The van der Waals surface area contributed by atoms with E-state index in [0.717, 1.165) is 7.05 Å². The molecule has 0 saturated heterocycles. The summed E-state index contributed by atoms with van der Waals surface area (Å²) in [4.78, 5) is 0. The van der Waals surface area contributed by atoms with Gasteiger partial charge in [-0.3, -0.25) is 0 Å². The van der Waals surface area contributed by atoms with Crippen LogP contribution >= 0.6 is 0 Å². The van der Waals surface area contributed by atoms with Gasteiger partial charge < -0.3 is 0 Å². The van der Waals surface area contributed by atoms with Crippen LogP contribution in [0.1, 0.15) is 0 Å². The number of halogens is 3. The molecule has 0 heterocycles. The Hall–Kier alpha value is -0.850. The van der Waals surface area contributed by atoms with Crippen molar-refractivity contribution < 1.29 is 21.6 Å². The average molecular weight is 231 g/mol. The zero-order valence-electron chi connectivity index (χ0n) is 7.17. The average Bonchev–Trinajstić information content (AvgIpc) is 2.00. The number of nitrogens with one attached hydrogen (secondary N) is 1. The molecule has 1 N–H and O–H groups in total. The van der Waals surface area contributed by atoms with Crippen LogP contribution in [0.5, 0.6) is 0 Å². The van der Waals surface area contributed by atoms with Gasteiger partial charge in [-0.15, -0.1) is 0 Å². The van der Waals surface area contributed by atoms with E-state index in [4.69, 9.17) is 5.26 Å². The van der Waals surface area contributed by atoms with Crippen LogP contribution in [0.4, 0.5) is 13.2 Å². The van der Waals surface area contributed by atoms with Gasteiger partial charge in [-0.1, -0.05) is 0 Å². The van der Waals surface area contributed by atoms with E-state index in [1.54, 1.807) is 0 Å². The van der Waals surface area contributed by atoms with Crippen molar-refractivity contribution in [2.24, 2.45) is 0 Å². The number of nitrogens with zero attached hydrogens (tertiary/aromatic N) is 2. The first-order valence-electron chi connectivity index (χ1n) is 3.33. The lowest BCUT2D eigenvalue weighted by Crippen LogP contribution is -2.42. The van der Waals surface area contributed by atoms with Gasteiger partial charge in [0.15, 0.2) is 0 Å². The van der Waals surface area contributed by atoms with E-state index in [0.29, 0.717) is 4.31 Å². The SMILES string of the molecule is CN(CC#N)S(=O)(=O)NCC(F)(F)F. The van der Waals surface area contributed by atoms with Crippen molar-refractivity contribution in [1.82, 2.24) is 9.03 Å². The summed E-state index contributed by atoms with van der Waals surface area (Å²) in [6.07, 6.45) is -4.61. The topological polar surface area (TPSA) is 73.2 Å². The molecule has 0 radical (unpaired) electrons. The molecule has 0 aromatic rings. The number of alkyl halides is 3. The van der Waals surface area contributed by atoms with E-state index < -0.39 is 29.5 Å². The van der Waals surface area contributed by atoms with E-state index in [-0.39, 0.29) is 0 Å². The normalized spacial score (nSPS) is 12.9. The molecule has 9 heteroatoms. The van der Waals surface area contributed by atoms with Crippen LogP contribution in [0.2, 0.25) is 0 Å². The lowest BCUT2D eigenvalue weighted by Gasteiger charge is -2.15. The minimum absolute atomic E-state index is 0.485. The fourth-order valence-electron chi connectivity index (χ4n) is 0.468. The van der Waals surface area contributed by atoms with Crippen molar-refractivity contribution in [3.8, 4) is 6.07 Å². The Morgan fingerprint density at radius 2 is 2.00 bits per heavy atom. The highest BCUT2D eigenvalue weighted by Crippen LogP contribution is 2.12. The number of hydrogen-bond acceptors (Lipinski definition) is 3. The fourth-order valence-corrected chi connectivity index (χ4v) is 1.26. The Bertz CT molecular complexity index is 318. The van der Waals surface area contributed by atoms with Gasteiger partial charge in [0.1, 0.15) is 13.1 Å². The van der Waals surface area contributed by atoms with Crippen LogP contribution in [0.3, 0.4) is 0 Å². The molecule has 0 aliphatic rings. The van der Waals surface area contributed by atoms with Gasteiger partial charge in [0.05, 0.1) is 6.07 Å². The Balaban J connectivity index is 4.31. The molecule has 0 spiro atoms. The molecule has 0 aliphatic carbocycles. The van der Waals surface area contributed by atoms with Crippen LogP contribution in [-0.4, -0.2) is 39.0 Å². The maximum Gasteiger partial charge on any atom is 0.402 e. The Morgan fingerprint density at radius 1 is 1.50 bits per heavy atom. The van der Waals surface area contributed by atoms with Crippen molar-refractivity contribution >= 4 is 10.2 Å². The zero-order valence-corrected chi connectivity index (χ0v) is 7.98. The van der Waals surface area contributed by atoms with E-state index in [2.05, 4.69) is 0 Å². The van der Waals surface area contributed by atoms with Gasteiger partial charge in [-0.05, 0) is 0 Å². The van der Waals surface area contributed by atoms with Gasteiger partial charge in [-0.2, -0.15) is 35.9 Å². The van der Waals surface area contributed by atoms with Crippen molar-refractivity contribution in [2.45, 2.75) is 6.18 Å². The highest BCUT2D eigenvalue weighted by atomic mass is 32.2. The van der Waals surface area contributed by atoms with Crippen LogP contribution in [-0.2, 0) is 10.2 Å². The summed E-state index contributed by atoms with van der Waals surface area (Å²) in [5.74, 6) is 0. The van der Waals surface area contributed by atoms with E-state index in [1.807, 2.05) is 0 Å². The zero-order chi connectivity index (χ0) is 11.4. The van der Waals surface area contributed by atoms with Gasteiger partial charge in [0.25, 0.3) is 10.2 Å². The predicted molar refractivity (Wildman–Crippen MR) is 41.2 cm³/mol. The second-order valence-corrected chi connectivity index (χ2v) is 4.22. The number of hydrogen-bond donors (Lipinski definition) is 1. The molecule has 0 fully saturated rings. The first-order chi connectivity index (χ1) is 6.19. The third kappa shape index (κ3) is 5.00. The molecule has 14 heavy (non-hydrogen) atoms. The lowest BCUT2D eigenvalue weighted by atomic mass is 10.7. The monoisotopic (exact) mass is 231 g/mol. The minimum atomic E-state index is -4.61. The summed E-state index contributed by atoms with van der Waals surface area (Å²) in [6, 6.07) is 1.50. The lowest BCUT2D eigenvalue weighted by molar-refractivity contribution is -0.121. The van der Waals surface area contributed by atoms with Gasteiger partial charge >= 0.3 is 6.18 Å². The number of rotatable bonds is 4. The second-order valence-electron chi connectivity index (χ2n) is 2.36. The van der Waals surface area contributed by atoms with Crippen molar-refractivity contribution in [3.05, 3.63) is 0 Å². The van der Waals surface area contributed by atoms with E-state index in [1.165, 1.54) is 10.8 Å². The molecule has 0 rings (SSSR count). The molecule has 0 amide bonds. The Kier molecular flexibility index (Phi) is 4.31. The summed E-state index contributed by atoms with van der Waals surface area (Å²) in [7, 11) is -3.21. The molecule has 0 bridgehead atoms. The molecular formula is C5H8F3N3O2S. The summed E-state index contributed by atoms with van der Waals surface area (Å²) < 4.78 is 58.5. The maximum atomic E-state index is 11.6. The molecule has 5 nitrogen and oxygen atoms in total. The summed E-state index contributed by atoms with van der Waals surface area (Å²) in [6.45, 7) is -2.15. The fraction of sp³-hybridized carbons (Fsp3) is 0.800. The minimum Gasteiger partial charge on any atom is -0.197 e. The van der Waals surface area contributed by atoms with Gasteiger partial charge in [0, 0.05) is 7.05 Å². The Labute approximate surface area is 79.3 Å². The van der Waals surface area contributed by atoms with Gasteiger partial charge in [-0.25, -0.2) is 0 Å². The van der Waals surface area contributed by atoms with E-state index >= 15 is 0 Å². The third-order valence-electron chi connectivity index (χ3n) is 1.16. The molecular weight excluding hydrogens is 223 g/mol. The standard InChI is InChI=1S/C5H8F3N3O2S/c1-11(3-2-9)14(12,13)10-4-5(6,7)8/h10H,3-4H2,1H3. The first kappa shape index (κ1) is 13.2. The molecule has 82 valence electrons. The largest absolute Gasteiger partial charge is 0.402 e. The molecule has 0 atom stereocenters. The summed E-state index contributed by atoms with van der Waals surface area (Å²) in [5.41, 5.74) is 0. The van der Waals surface area contributed by atoms with Gasteiger partial charge in [0.2, 0.25) is 0 Å². The molecule has 0 aromatic heterocycles.